The summed E-state index contributed by atoms with van der Waals surface area (Å²) in [4.78, 5) is 15.9. The number of nitro benzene ring substituents is 1. The van der Waals surface area contributed by atoms with E-state index >= 15 is 0 Å². The van der Waals surface area contributed by atoms with Gasteiger partial charge in [0, 0.05) is 28.6 Å². The van der Waals surface area contributed by atoms with Gasteiger partial charge in [-0.1, -0.05) is 35.8 Å². The average Bonchev–Trinajstić information content (AvgIpc) is 3.40. The van der Waals surface area contributed by atoms with E-state index in [-0.39, 0.29) is 11.6 Å². The Morgan fingerprint density at radius 1 is 1.24 bits per heavy atom. The normalized spacial score (nSPS) is 19.5. The molecule has 0 aliphatic heterocycles. The fourth-order valence-corrected chi connectivity index (χ4v) is 3.00. The molecule has 1 aliphatic rings. The molecule has 0 unspecified atom stereocenters. The topological polar surface area (TPSA) is 64.7 Å². The molecule has 0 amide bonds. The maximum absolute atomic E-state index is 10.8. The Hall–Kier alpha value is -2.40. The molecule has 0 N–H and O–H groups in total. The number of halogens is 1. The summed E-state index contributed by atoms with van der Waals surface area (Å²) in [5.74, 6) is 0.621. The molecule has 0 bridgehead atoms. The molecule has 1 fully saturated rings. The first kappa shape index (κ1) is 17.4. The van der Waals surface area contributed by atoms with Crippen LogP contribution in [0.1, 0.15) is 36.8 Å². The molecule has 25 heavy (non-hydrogen) atoms. The molecule has 1 aliphatic carbocycles. The Morgan fingerprint density at radius 3 is 2.52 bits per heavy atom. The lowest BCUT2D eigenvalue weighted by molar-refractivity contribution is -0.384. The monoisotopic (exact) mass is 358 g/mol. The van der Waals surface area contributed by atoms with E-state index in [9.17, 15) is 10.1 Å². The van der Waals surface area contributed by atoms with Gasteiger partial charge in [0.25, 0.3) is 5.69 Å². The van der Waals surface area contributed by atoms with Crippen LogP contribution in [0, 0.1) is 16.0 Å². The van der Waals surface area contributed by atoms with Crippen molar-refractivity contribution in [3.63, 3.8) is 0 Å². The zero-order chi connectivity index (χ0) is 17.8. The van der Waals surface area contributed by atoms with Gasteiger partial charge in [-0.2, -0.15) is 0 Å². The van der Waals surface area contributed by atoms with Crippen molar-refractivity contribution in [2.45, 2.75) is 25.7 Å². The van der Waals surface area contributed by atoms with E-state index in [0.717, 1.165) is 29.1 Å². The van der Waals surface area contributed by atoms with Crippen LogP contribution in [0.4, 0.5) is 5.69 Å². The molecular weight excluding hydrogens is 340 g/mol. The highest BCUT2D eigenvalue weighted by atomic mass is 35.5. The number of benzene rings is 2. The Kier molecular flexibility index (Phi) is 5.34. The largest absolute Gasteiger partial charge is 0.396 e. The average molecular weight is 359 g/mol. The van der Waals surface area contributed by atoms with Crippen LogP contribution in [0.15, 0.2) is 53.7 Å². The van der Waals surface area contributed by atoms with Gasteiger partial charge in [0.05, 0.1) is 10.6 Å². The summed E-state index contributed by atoms with van der Waals surface area (Å²) in [6, 6.07) is 14.3. The molecule has 2 atom stereocenters. The van der Waals surface area contributed by atoms with Gasteiger partial charge in [0.2, 0.25) is 0 Å². The molecule has 0 aromatic heterocycles. The van der Waals surface area contributed by atoms with E-state index in [0.29, 0.717) is 12.5 Å². The van der Waals surface area contributed by atoms with E-state index in [4.69, 9.17) is 16.4 Å². The smallest absolute Gasteiger partial charge is 0.269 e. The van der Waals surface area contributed by atoms with Crippen LogP contribution >= 0.6 is 11.6 Å². The minimum atomic E-state index is -0.401. The fraction of sp³-hybridized carbons (Fsp3) is 0.316. The van der Waals surface area contributed by atoms with Crippen molar-refractivity contribution in [2.24, 2.45) is 11.1 Å². The molecule has 0 radical (unpaired) electrons. The molecule has 0 saturated heterocycles. The van der Waals surface area contributed by atoms with Crippen molar-refractivity contribution in [1.29, 1.82) is 0 Å². The van der Waals surface area contributed by atoms with Gasteiger partial charge in [-0.25, -0.2) is 0 Å². The SMILES string of the molecule is CCCO/N=C(/c1ccc([N+](=O)[O-])cc1)[C@H]1C[C@H]1c1ccc(Cl)cc1. The highest BCUT2D eigenvalue weighted by molar-refractivity contribution is 6.30. The molecule has 2 aromatic carbocycles. The van der Waals surface area contributed by atoms with Crippen LogP contribution in [0.2, 0.25) is 5.02 Å². The van der Waals surface area contributed by atoms with Crippen LogP contribution in [-0.4, -0.2) is 17.2 Å². The second-order valence-corrected chi connectivity index (χ2v) is 6.55. The van der Waals surface area contributed by atoms with Crippen LogP contribution in [0.25, 0.3) is 0 Å². The first-order valence-electron chi connectivity index (χ1n) is 8.30. The van der Waals surface area contributed by atoms with Crippen molar-refractivity contribution in [2.75, 3.05) is 6.61 Å². The van der Waals surface area contributed by atoms with Crippen LogP contribution < -0.4 is 0 Å². The third-order valence-electron chi connectivity index (χ3n) is 4.27. The van der Waals surface area contributed by atoms with Gasteiger partial charge in [-0.05, 0) is 48.6 Å². The van der Waals surface area contributed by atoms with Crippen molar-refractivity contribution >= 4 is 23.0 Å². The van der Waals surface area contributed by atoms with Crippen LogP contribution in [0.5, 0.6) is 0 Å². The van der Waals surface area contributed by atoms with Gasteiger partial charge in [-0.3, -0.25) is 10.1 Å². The molecule has 5 nitrogen and oxygen atoms in total. The maximum atomic E-state index is 10.8. The second-order valence-electron chi connectivity index (χ2n) is 6.11. The van der Waals surface area contributed by atoms with Gasteiger partial charge in [0.15, 0.2) is 0 Å². The number of hydrogen-bond acceptors (Lipinski definition) is 4. The summed E-state index contributed by atoms with van der Waals surface area (Å²) >= 11 is 5.96. The Morgan fingerprint density at radius 2 is 1.92 bits per heavy atom. The van der Waals surface area contributed by atoms with Crippen molar-refractivity contribution in [3.8, 4) is 0 Å². The Bertz CT molecular complexity index is 772. The van der Waals surface area contributed by atoms with E-state index in [1.165, 1.54) is 17.7 Å². The number of oxime groups is 1. The Balaban J connectivity index is 1.82. The summed E-state index contributed by atoms with van der Waals surface area (Å²) in [5.41, 5.74) is 3.01. The lowest BCUT2D eigenvalue weighted by Gasteiger charge is -2.07. The van der Waals surface area contributed by atoms with Gasteiger partial charge < -0.3 is 4.84 Å². The number of nitro groups is 1. The number of nitrogens with zero attached hydrogens (tertiary/aromatic N) is 2. The van der Waals surface area contributed by atoms with Crippen LogP contribution in [0.3, 0.4) is 0 Å². The third kappa shape index (κ3) is 4.17. The molecule has 0 spiro atoms. The maximum Gasteiger partial charge on any atom is 0.269 e. The van der Waals surface area contributed by atoms with Gasteiger partial charge in [0.1, 0.15) is 6.61 Å². The first-order valence-corrected chi connectivity index (χ1v) is 8.68. The van der Waals surface area contributed by atoms with Crippen LogP contribution in [-0.2, 0) is 4.84 Å². The summed E-state index contributed by atoms with van der Waals surface area (Å²) < 4.78 is 0. The summed E-state index contributed by atoms with van der Waals surface area (Å²) in [5, 5.41) is 15.9. The van der Waals surface area contributed by atoms with Crippen molar-refractivity contribution in [3.05, 3.63) is 74.8 Å². The lowest BCUT2D eigenvalue weighted by Crippen LogP contribution is -2.07. The fourth-order valence-electron chi connectivity index (χ4n) is 2.87. The minimum Gasteiger partial charge on any atom is -0.396 e. The van der Waals surface area contributed by atoms with E-state index in [1.807, 2.05) is 31.2 Å². The quantitative estimate of drug-likeness (QED) is 0.296. The van der Waals surface area contributed by atoms with Crippen molar-refractivity contribution in [1.82, 2.24) is 0 Å². The highest BCUT2D eigenvalue weighted by Gasteiger charge is 2.43. The number of non-ortho nitro benzene ring substituents is 1. The molecule has 3 rings (SSSR count). The number of rotatable bonds is 7. The molecule has 1 saturated carbocycles. The Labute approximate surface area is 151 Å². The van der Waals surface area contributed by atoms with E-state index < -0.39 is 4.92 Å². The predicted octanol–water partition coefficient (Wildman–Crippen LogP) is 5.18. The summed E-state index contributed by atoms with van der Waals surface area (Å²) in [7, 11) is 0. The molecule has 2 aromatic rings. The molecule has 0 heterocycles. The first-order chi connectivity index (χ1) is 12.1. The lowest BCUT2D eigenvalue weighted by atomic mass is 10.0. The molecule has 130 valence electrons. The minimum absolute atomic E-state index is 0.0719. The zero-order valence-corrected chi connectivity index (χ0v) is 14.6. The molecular formula is C19H19ClN2O3. The summed E-state index contributed by atoms with van der Waals surface area (Å²) in [6.45, 7) is 2.57. The third-order valence-corrected chi connectivity index (χ3v) is 4.52. The number of hydrogen-bond donors (Lipinski definition) is 0. The van der Waals surface area contributed by atoms with Gasteiger partial charge >= 0.3 is 0 Å². The van der Waals surface area contributed by atoms with E-state index in [2.05, 4.69) is 5.16 Å². The zero-order valence-electron chi connectivity index (χ0n) is 13.9. The summed E-state index contributed by atoms with van der Waals surface area (Å²) in [6.07, 6.45) is 1.86. The van der Waals surface area contributed by atoms with Crippen molar-refractivity contribution < 1.29 is 9.76 Å². The van der Waals surface area contributed by atoms with E-state index in [1.54, 1.807) is 12.1 Å². The molecule has 6 heteroatoms. The highest BCUT2D eigenvalue weighted by Crippen LogP contribution is 2.49. The standard InChI is InChI=1S/C19H19ClN2O3/c1-2-11-25-21-19(14-5-9-16(10-6-14)22(23)24)18-12-17(18)13-3-7-15(20)8-4-13/h3-10,17-18H,2,11-12H2,1H3/b21-19-/t17-,18-/m0/s1. The second kappa shape index (κ2) is 7.66. The predicted molar refractivity (Wildman–Crippen MR) is 98.2 cm³/mol. The van der Waals surface area contributed by atoms with Gasteiger partial charge in [-0.15, -0.1) is 0 Å².